The number of anilines is 4. The van der Waals surface area contributed by atoms with Crippen LogP contribution in [-0.4, -0.2) is 88.4 Å². The fraction of sp³-hybridized carbons (Fsp3) is 0.615. The Bertz CT molecular complexity index is 1380. The molecule has 2 aromatic rings. The molecule has 11 nitrogen and oxygen atoms in total. The largest absolute Gasteiger partial charge is 0.371 e. The third kappa shape index (κ3) is 6.31. The highest BCUT2D eigenvalue weighted by Gasteiger charge is 2.31. The van der Waals surface area contributed by atoms with Gasteiger partial charge in [-0.15, -0.1) is 0 Å². The number of benzene rings is 1. The number of hydrogen-bond acceptors (Lipinski definition) is 9. The van der Waals surface area contributed by atoms with Crippen molar-refractivity contribution in [2.24, 2.45) is 0 Å². The van der Waals surface area contributed by atoms with Crippen molar-refractivity contribution < 1.29 is 16.8 Å². The second kappa shape index (κ2) is 11.2. The summed E-state index contributed by atoms with van der Waals surface area (Å²) in [6, 6.07) is 8.39. The van der Waals surface area contributed by atoms with E-state index >= 15 is 0 Å². The maximum atomic E-state index is 12.1. The molecule has 0 spiro atoms. The summed E-state index contributed by atoms with van der Waals surface area (Å²) in [4.78, 5) is 13.8. The highest BCUT2D eigenvalue weighted by Crippen LogP contribution is 2.40. The number of nitrogens with zero attached hydrogens (tertiary/aromatic N) is 5. The number of fused-ring (bicyclic) bond motifs is 1. The number of sulfone groups is 1. The zero-order valence-electron chi connectivity index (χ0n) is 22.9. The van der Waals surface area contributed by atoms with Gasteiger partial charge in [-0.25, -0.2) is 13.4 Å². The lowest BCUT2D eigenvalue weighted by atomic mass is 9.92. The first-order valence-electron chi connectivity index (χ1n) is 13.6. The van der Waals surface area contributed by atoms with Gasteiger partial charge in [-0.05, 0) is 63.1 Å². The number of nitrogens with one attached hydrogen (secondary N) is 2. The first-order valence-corrected chi connectivity index (χ1v) is 17.0. The van der Waals surface area contributed by atoms with E-state index in [1.54, 1.807) is 6.20 Å². The minimum Gasteiger partial charge on any atom is -0.371 e. The van der Waals surface area contributed by atoms with Crippen molar-refractivity contribution in [1.29, 1.82) is 0 Å². The Morgan fingerprint density at radius 2 is 1.56 bits per heavy atom. The van der Waals surface area contributed by atoms with E-state index in [9.17, 15) is 16.8 Å². The van der Waals surface area contributed by atoms with Gasteiger partial charge >= 0.3 is 0 Å². The van der Waals surface area contributed by atoms with Gasteiger partial charge in [0.25, 0.3) is 10.2 Å². The highest BCUT2D eigenvalue weighted by atomic mass is 32.2. The third-order valence-corrected chi connectivity index (χ3v) is 11.4. The van der Waals surface area contributed by atoms with Gasteiger partial charge in [0.2, 0.25) is 5.95 Å². The van der Waals surface area contributed by atoms with Crippen molar-refractivity contribution in [2.75, 3.05) is 55.1 Å². The van der Waals surface area contributed by atoms with E-state index in [1.807, 2.05) is 6.07 Å². The molecule has 0 radical (unpaired) electrons. The van der Waals surface area contributed by atoms with Gasteiger partial charge in [0, 0.05) is 75.2 Å². The standard InChI is InChI=1S/C26H39N7O4S2/c1-31(2)39(36,37)30-20-9-7-19(8-10-20)28-26-27-15-11-25(29-26)33-18-14-22-23(5-4-6-24(22)33)32-16-12-21(13-17-32)38(3,34)35/h4-6,11,15,19-21,30H,7-10,12-14,16-18H2,1-3H3,(H,27,28,29)/t19-,20-. The van der Waals surface area contributed by atoms with E-state index in [0.717, 1.165) is 63.2 Å². The lowest BCUT2D eigenvalue weighted by molar-refractivity contribution is 0.378. The lowest BCUT2D eigenvalue weighted by Gasteiger charge is -2.34. The predicted molar refractivity (Wildman–Crippen MR) is 155 cm³/mol. The van der Waals surface area contributed by atoms with Gasteiger partial charge in [0.05, 0.1) is 5.25 Å². The van der Waals surface area contributed by atoms with Crippen LogP contribution in [0.1, 0.15) is 44.1 Å². The van der Waals surface area contributed by atoms with Gasteiger partial charge in [0.1, 0.15) is 15.7 Å². The summed E-state index contributed by atoms with van der Waals surface area (Å²) in [7, 11) is -3.37. The number of piperidine rings is 1. The average molecular weight is 578 g/mol. The topological polar surface area (TPSA) is 128 Å². The molecule has 1 aromatic carbocycles. The summed E-state index contributed by atoms with van der Waals surface area (Å²) < 4.78 is 52.2. The summed E-state index contributed by atoms with van der Waals surface area (Å²) >= 11 is 0. The highest BCUT2D eigenvalue weighted by molar-refractivity contribution is 7.91. The molecule has 1 saturated heterocycles. The van der Waals surface area contributed by atoms with Gasteiger partial charge in [-0.1, -0.05) is 6.07 Å². The predicted octanol–water partition coefficient (Wildman–Crippen LogP) is 2.30. The smallest absolute Gasteiger partial charge is 0.279 e. The summed E-state index contributed by atoms with van der Waals surface area (Å²) in [5.41, 5.74) is 3.61. The fourth-order valence-electron chi connectivity index (χ4n) is 5.90. The van der Waals surface area contributed by atoms with Gasteiger partial charge < -0.3 is 15.1 Å². The Labute approximate surface area is 232 Å². The summed E-state index contributed by atoms with van der Waals surface area (Å²) in [6.45, 7) is 2.31. The summed E-state index contributed by atoms with van der Waals surface area (Å²) in [6.07, 6.45) is 8.53. The van der Waals surface area contributed by atoms with Crippen LogP contribution in [0, 0.1) is 0 Å². The van der Waals surface area contributed by atoms with Crippen molar-refractivity contribution in [2.45, 2.75) is 62.3 Å². The zero-order chi connectivity index (χ0) is 27.8. The molecular weight excluding hydrogens is 538 g/mol. The van der Waals surface area contributed by atoms with E-state index in [4.69, 9.17) is 4.98 Å². The molecule has 0 atom stereocenters. The second-order valence-corrected chi connectivity index (χ2v) is 15.3. The number of rotatable bonds is 8. The zero-order valence-corrected chi connectivity index (χ0v) is 24.5. The normalized spacial score (nSPS) is 22.8. The molecule has 1 aromatic heterocycles. The molecular formula is C26H39N7O4S2. The van der Waals surface area contributed by atoms with E-state index < -0.39 is 20.0 Å². The van der Waals surface area contributed by atoms with Crippen LogP contribution in [-0.2, 0) is 26.5 Å². The minimum atomic E-state index is -3.43. The SMILES string of the molecule is CN(C)S(=O)(=O)N[C@H]1CC[C@H](Nc2nccc(N3CCc4c(N5CCC(S(C)(=O)=O)CC5)cccc43)n2)CC1. The first kappa shape index (κ1) is 28.1. The summed E-state index contributed by atoms with van der Waals surface area (Å²) in [5.74, 6) is 1.42. The van der Waals surface area contributed by atoms with Crippen LogP contribution >= 0.6 is 0 Å². The molecule has 2 aliphatic heterocycles. The molecule has 13 heteroatoms. The van der Waals surface area contributed by atoms with Crippen LogP contribution in [0.4, 0.5) is 23.1 Å². The van der Waals surface area contributed by atoms with E-state index in [-0.39, 0.29) is 17.3 Å². The number of aromatic nitrogens is 2. The third-order valence-electron chi connectivity index (χ3n) is 8.17. The Morgan fingerprint density at radius 1 is 0.897 bits per heavy atom. The lowest BCUT2D eigenvalue weighted by Crippen LogP contribution is -2.44. The average Bonchev–Trinajstić information content (AvgIpc) is 3.34. The van der Waals surface area contributed by atoms with E-state index in [2.05, 4.69) is 43.0 Å². The van der Waals surface area contributed by atoms with E-state index in [0.29, 0.717) is 18.8 Å². The molecule has 0 amide bonds. The minimum absolute atomic E-state index is 0.0600. The summed E-state index contributed by atoms with van der Waals surface area (Å²) in [5, 5.41) is 3.22. The Morgan fingerprint density at radius 3 is 2.23 bits per heavy atom. The Kier molecular flexibility index (Phi) is 8.05. The Hall–Kier alpha value is -2.48. The molecule has 5 rings (SSSR count). The first-order chi connectivity index (χ1) is 18.5. The fourth-order valence-corrected chi connectivity index (χ4v) is 7.83. The molecule has 0 bridgehead atoms. The van der Waals surface area contributed by atoms with Gasteiger partial charge in [-0.3, -0.25) is 0 Å². The number of hydrogen-bond donors (Lipinski definition) is 2. The molecule has 0 unspecified atom stereocenters. The van der Waals surface area contributed by atoms with Crippen LogP contribution in [0.15, 0.2) is 30.5 Å². The molecule has 3 aliphatic rings. The molecule has 2 N–H and O–H groups in total. The molecule has 2 fully saturated rings. The van der Waals surface area contributed by atoms with Crippen molar-refractivity contribution in [3.05, 3.63) is 36.0 Å². The quantitative estimate of drug-likeness (QED) is 0.486. The molecule has 214 valence electrons. The van der Waals surface area contributed by atoms with Crippen LogP contribution in [0.25, 0.3) is 0 Å². The van der Waals surface area contributed by atoms with Crippen LogP contribution < -0.4 is 19.8 Å². The van der Waals surface area contributed by atoms with Crippen molar-refractivity contribution >= 4 is 43.2 Å². The molecule has 1 aliphatic carbocycles. The molecule has 1 saturated carbocycles. The van der Waals surface area contributed by atoms with E-state index in [1.165, 1.54) is 35.9 Å². The maximum Gasteiger partial charge on any atom is 0.279 e. The van der Waals surface area contributed by atoms with Gasteiger partial charge in [0.15, 0.2) is 0 Å². The maximum absolute atomic E-state index is 12.1. The van der Waals surface area contributed by atoms with Crippen LogP contribution in [0.2, 0.25) is 0 Å². The van der Waals surface area contributed by atoms with Crippen molar-refractivity contribution in [3.8, 4) is 0 Å². The van der Waals surface area contributed by atoms with Crippen molar-refractivity contribution in [1.82, 2.24) is 19.0 Å². The monoisotopic (exact) mass is 577 g/mol. The van der Waals surface area contributed by atoms with Crippen LogP contribution in [0.3, 0.4) is 0 Å². The van der Waals surface area contributed by atoms with Crippen LogP contribution in [0.5, 0.6) is 0 Å². The van der Waals surface area contributed by atoms with Gasteiger partial charge in [-0.2, -0.15) is 22.4 Å². The second-order valence-electron chi connectivity index (χ2n) is 11.0. The molecule has 39 heavy (non-hydrogen) atoms. The van der Waals surface area contributed by atoms with Crippen molar-refractivity contribution in [3.63, 3.8) is 0 Å². The Balaban J connectivity index is 1.23. The molecule has 3 heterocycles.